The smallest absolute Gasteiger partial charge is 0.348 e. The zero-order valence-corrected chi connectivity index (χ0v) is 15.2. The molecule has 124 valence electrons. The summed E-state index contributed by atoms with van der Waals surface area (Å²) in [5.41, 5.74) is 0.401. The number of furan rings is 1. The summed E-state index contributed by atoms with van der Waals surface area (Å²) in [4.78, 5) is 28.9. The van der Waals surface area contributed by atoms with Crippen LogP contribution in [0.3, 0.4) is 0 Å². The maximum absolute atomic E-state index is 12.0. The van der Waals surface area contributed by atoms with Crippen LogP contribution in [0.5, 0.6) is 0 Å². The summed E-state index contributed by atoms with van der Waals surface area (Å²) in [6.07, 6.45) is 2.88. The number of thiophene rings is 1. The highest BCUT2D eigenvalue weighted by atomic mass is 79.9. The van der Waals surface area contributed by atoms with E-state index >= 15 is 0 Å². The third-order valence-electron chi connectivity index (χ3n) is 3.29. The van der Waals surface area contributed by atoms with Crippen LogP contribution in [0.1, 0.15) is 30.2 Å². The van der Waals surface area contributed by atoms with Gasteiger partial charge in [-0.3, -0.25) is 4.79 Å². The normalized spacial score (nSPS) is 12.8. The molecule has 3 rings (SSSR count). The van der Waals surface area contributed by atoms with Gasteiger partial charge in [-0.2, -0.15) is 0 Å². The van der Waals surface area contributed by atoms with E-state index in [1.165, 1.54) is 17.4 Å². The van der Waals surface area contributed by atoms with Crippen LogP contribution in [0.25, 0.3) is 16.3 Å². The van der Waals surface area contributed by atoms with Crippen molar-refractivity contribution in [2.24, 2.45) is 0 Å². The molecule has 3 aromatic rings. The standard InChI is InChI=1S/C16H13BrN2O4S/c1-8-7-24-15-13(8)16(21)23-14(19-15)9(2)18-12(20)6-4-10-3-5-11(17)22-10/h3-7,9H,1-2H3,(H,18,20)/b6-4+/t9-/m0/s1. The van der Waals surface area contributed by atoms with Gasteiger partial charge in [0.2, 0.25) is 11.8 Å². The molecule has 0 aliphatic rings. The second-order valence-electron chi connectivity index (χ2n) is 5.14. The summed E-state index contributed by atoms with van der Waals surface area (Å²) >= 11 is 4.56. The lowest BCUT2D eigenvalue weighted by atomic mass is 10.2. The third-order valence-corrected chi connectivity index (χ3v) is 4.71. The lowest BCUT2D eigenvalue weighted by Crippen LogP contribution is -2.26. The Labute approximate surface area is 149 Å². The van der Waals surface area contributed by atoms with Gasteiger partial charge >= 0.3 is 5.63 Å². The molecule has 1 amide bonds. The molecular weight excluding hydrogens is 396 g/mol. The van der Waals surface area contributed by atoms with Crippen LogP contribution >= 0.6 is 27.3 Å². The zero-order valence-electron chi connectivity index (χ0n) is 12.8. The van der Waals surface area contributed by atoms with E-state index in [9.17, 15) is 9.59 Å². The number of nitrogens with one attached hydrogen (secondary N) is 1. The first-order valence-electron chi connectivity index (χ1n) is 7.07. The van der Waals surface area contributed by atoms with Crippen LogP contribution in [0.4, 0.5) is 0 Å². The Bertz CT molecular complexity index is 986. The molecule has 0 saturated carbocycles. The van der Waals surface area contributed by atoms with Gasteiger partial charge in [-0.1, -0.05) is 0 Å². The molecule has 0 aromatic carbocycles. The molecule has 0 aliphatic carbocycles. The highest BCUT2D eigenvalue weighted by Gasteiger charge is 2.16. The molecule has 0 aliphatic heterocycles. The summed E-state index contributed by atoms with van der Waals surface area (Å²) in [5.74, 6) is 0.378. The van der Waals surface area contributed by atoms with Crippen molar-refractivity contribution in [1.82, 2.24) is 10.3 Å². The minimum Gasteiger partial charge on any atom is -0.450 e. The van der Waals surface area contributed by atoms with Crippen molar-refractivity contribution >= 4 is 49.5 Å². The molecular formula is C16H13BrN2O4S. The molecule has 0 saturated heterocycles. The average Bonchev–Trinajstić information content (AvgIpc) is 3.11. The van der Waals surface area contributed by atoms with Crippen molar-refractivity contribution in [3.05, 3.63) is 55.9 Å². The van der Waals surface area contributed by atoms with E-state index in [0.29, 0.717) is 20.6 Å². The average molecular weight is 409 g/mol. The second-order valence-corrected chi connectivity index (χ2v) is 6.78. The van der Waals surface area contributed by atoms with Crippen LogP contribution in [0.2, 0.25) is 0 Å². The van der Waals surface area contributed by atoms with E-state index in [1.807, 2.05) is 12.3 Å². The monoisotopic (exact) mass is 408 g/mol. The predicted octanol–water partition coefficient (Wildman–Crippen LogP) is 3.80. The number of hydrogen-bond donors (Lipinski definition) is 1. The first-order chi connectivity index (χ1) is 11.4. The molecule has 1 atom stereocenters. The lowest BCUT2D eigenvalue weighted by molar-refractivity contribution is -0.117. The Morgan fingerprint density at radius 1 is 1.42 bits per heavy atom. The van der Waals surface area contributed by atoms with E-state index in [1.54, 1.807) is 25.1 Å². The Morgan fingerprint density at radius 3 is 2.92 bits per heavy atom. The lowest BCUT2D eigenvalue weighted by Gasteiger charge is -2.09. The van der Waals surface area contributed by atoms with Gasteiger partial charge < -0.3 is 14.2 Å². The third kappa shape index (κ3) is 3.49. The van der Waals surface area contributed by atoms with Crippen LogP contribution in [-0.2, 0) is 4.79 Å². The minimum atomic E-state index is -0.537. The molecule has 8 heteroatoms. The van der Waals surface area contributed by atoms with Crippen molar-refractivity contribution in [3.63, 3.8) is 0 Å². The number of aromatic nitrogens is 1. The van der Waals surface area contributed by atoms with Gasteiger partial charge in [0, 0.05) is 6.08 Å². The SMILES string of the molecule is Cc1csc2nc([C@H](C)NC(=O)/C=C/c3ccc(Br)o3)oc(=O)c12. The number of carbonyl (C=O) groups excluding carboxylic acids is 1. The molecule has 0 spiro atoms. The molecule has 6 nitrogen and oxygen atoms in total. The van der Waals surface area contributed by atoms with Gasteiger partial charge in [0.05, 0.1) is 5.39 Å². The fraction of sp³-hybridized carbons (Fsp3) is 0.188. The predicted molar refractivity (Wildman–Crippen MR) is 94.9 cm³/mol. The van der Waals surface area contributed by atoms with Gasteiger partial charge in [0.15, 0.2) is 4.67 Å². The molecule has 3 aromatic heterocycles. The summed E-state index contributed by atoms with van der Waals surface area (Å²) < 4.78 is 11.1. The number of hydrogen-bond acceptors (Lipinski definition) is 6. The van der Waals surface area contributed by atoms with Gasteiger partial charge in [-0.25, -0.2) is 9.78 Å². The fourth-order valence-electron chi connectivity index (χ4n) is 2.11. The van der Waals surface area contributed by atoms with Crippen molar-refractivity contribution in [3.8, 4) is 0 Å². The summed E-state index contributed by atoms with van der Waals surface area (Å²) in [7, 11) is 0. The highest BCUT2D eigenvalue weighted by Crippen LogP contribution is 2.22. The number of amides is 1. The van der Waals surface area contributed by atoms with E-state index in [-0.39, 0.29) is 11.8 Å². The number of rotatable bonds is 4. The Kier molecular flexibility index (Phi) is 4.68. The van der Waals surface area contributed by atoms with Crippen LogP contribution in [-0.4, -0.2) is 10.9 Å². The molecule has 0 fully saturated rings. The van der Waals surface area contributed by atoms with Crippen molar-refractivity contribution < 1.29 is 13.6 Å². The van der Waals surface area contributed by atoms with Crippen molar-refractivity contribution in [1.29, 1.82) is 0 Å². The largest absolute Gasteiger partial charge is 0.450 e. The van der Waals surface area contributed by atoms with Gasteiger partial charge in [0.25, 0.3) is 0 Å². The topological polar surface area (TPSA) is 85.3 Å². The van der Waals surface area contributed by atoms with Crippen molar-refractivity contribution in [2.45, 2.75) is 19.9 Å². The minimum absolute atomic E-state index is 0.178. The van der Waals surface area contributed by atoms with Gasteiger partial charge in [-0.15, -0.1) is 11.3 Å². The van der Waals surface area contributed by atoms with Crippen LogP contribution in [0.15, 0.2) is 41.9 Å². The summed E-state index contributed by atoms with van der Waals surface area (Å²) in [6, 6.07) is 2.92. The number of carbonyl (C=O) groups is 1. The number of halogens is 1. The molecule has 0 bridgehead atoms. The first kappa shape index (κ1) is 16.7. The Balaban J connectivity index is 1.74. The number of nitrogens with zero attached hydrogens (tertiary/aromatic N) is 1. The molecule has 0 unspecified atom stereocenters. The van der Waals surface area contributed by atoms with E-state index in [4.69, 9.17) is 8.83 Å². The van der Waals surface area contributed by atoms with Crippen LogP contribution < -0.4 is 10.9 Å². The maximum Gasteiger partial charge on any atom is 0.348 e. The first-order valence-corrected chi connectivity index (χ1v) is 8.74. The summed E-state index contributed by atoms with van der Waals surface area (Å²) in [6.45, 7) is 3.53. The molecule has 1 N–H and O–H groups in total. The zero-order chi connectivity index (χ0) is 17.3. The number of aryl methyl sites for hydroxylation is 1. The van der Waals surface area contributed by atoms with E-state index in [0.717, 1.165) is 5.56 Å². The second kappa shape index (κ2) is 6.74. The fourth-order valence-corrected chi connectivity index (χ4v) is 3.34. The molecule has 3 heterocycles. The van der Waals surface area contributed by atoms with E-state index < -0.39 is 11.7 Å². The highest BCUT2D eigenvalue weighted by molar-refractivity contribution is 9.10. The van der Waals surface area contributed by atoms with Crippen molar-refractivity contribution in [2.75, 3.05) is 0 Å². The summed E-state index contributed by atoms with van der Waals surface area (Å²) in [5, 5.41) is 5.05. The van der Waals surface area contributed by atoms with Crippen LogP contribution in [0, 0.1) is 6.92 Å². The molecule has 24 heavy (non-hydrogen) atoms. The Morgan fingerprint density at radius 2 is 2.21 bits per heavy atom. The van der Waals surface area contributed by atoms with Gasteiger partial charge in [0.1, 0.15) is 16.6 Å². The Hall–Kier alpha value is -2.19. The quantitative estimate of drug-likeness (QED) is 0.663. The molecule has 0 radical (unpaired) electrons. The van der Waals surface area contributed by atoms with E-state index in [2.05, 4.69) is 26.2 Å². The number of fused-ring (bicyclic) bond motifs is 1. The maximum atomic E-state index is 12.0. The van der Waals surface area contributed by atoms with Gasteiger partial charge in [-0.05, 0) is 58.9 Å².